The fraction of sp³-hybridized carbons (Fsp3) is 0.571. The van der Waals surface area contributed by atoms with Crippen molar-refractivity contribution in [2.75, 3.05) is 19.6 Å². The standard InChI is InChI=1S/C14H20N2O2S/c1-12-2-4-13(5-3-12)19(17,18)16-10-7-14(8-11-16)6-9-15-14/h2-5,15H,6-11H2,1H3. The van der Waals surface area contributed by atoms with Crippen molar-refractivity contribution in [1.82, 2.24) is 9.62 Å². The monoisotopic (exact) mass is 280 g/mol. The van der Waals surface area contributed by atoms with Gasteiger partial charge in [-0.3, -0.25) is 0 Å². The van der Waals surface area contributed by atoms with E-state index in [1.54, 1.807) is 16.4 Å². The SMILES string of the molecule is Cc1ccc(S(=O)(=O)N2CCC3(CCN3)CC2)cc1. The van der Waals surface area contributed by atoms with Crippen LogP contribution in [-0.2, 0) is 10.0 Å². The normalized spacial score (nSPS) is 23.2. The van der Waals surface area contributed by atoms with Crippen LogP contribution in [0.15, 0.2) is 29.2 Å². The van der Waals surface area contributed by atoms with Crippen LogP contribution in [0.25, 0.3) is 0 Å². The largest absolute Gasteiger partial charge is 0.311 e. The van der Waals surface area contributed by atoms with Crippen LogP contribution in [-0.4, -0.2) is 37.9 Å². The Bertz CT molecular complexity index is 552. The zero-order valence-corrected chi connectivity index (χ0v) is 12.0. The first kappa shape index (κ1) is 13.1. The summed E-state index contributed by atoms with van der Waals surface area (Å²) in [4.78, 5) is 0.413. The molecule has 2 fully saturated rings. The molecular weight excluding hydrogens is 260 g/mol. The summed E-state index contributed by atoms with van der Waals surface area (Å²) in [5.74, 6) is 0. The maximum absolute atomic E-state index is 12.5. The van der Waals surface area contributed by atoms with E-state index in [0.29, 0.717) is 18.0 Å². The molecule has 0 amide bonds. The molecule has 0 bridgehead atoms. The van der Waals surface area contributed by atoms with Gasteiger partial charge in [0, 0.05) is 18.6 Å². The number of nitrogens with one attached hydrogen (secondary N) is 1. The van der Waals surface area contributed by atoms with Gasteiger partial charge in [0.1, 0.15) is 0 Å². The van der Waals surface area contributed by atoms with Gasteiger partial charge in [0.15, 0.2) is 0 Å². The van der Waals surface area contributed by atoms with Crippen LogP contribution in [0.4, 0.5) is 0 Å². The van der Waals surface area contributed by atoms with Crippen molar-refractivity contribution in [2.24, 2.45) is 0 Å². The van der Waals surface area contributed by atoms with Crippen molar-refractivity contribution in [3.63, 3.8) is 0 Å². The fourth-order valence-electron chi connectivity index (χ4n) is 2.92. The van der Waals surface area contributed by atoms with Crippen molar-refractivity contribution < 1.29 is 8.42 Å². The molecule has 4 nitrogen and oxygen atoms in total. The molecule has 2 heterocycles. The Kier molecular flexibility index (Phi) is 3.15. The molecule has 1 aromatic rings. The van der Waals surface area contributed by atoms with Gasteiger partial charge in [-0.1, -0.05) is 17.7 Å². The number of hydrogen-bond acceptors (Lipinski definition) is 3. The topological polar surface area (TPSA) is 49.4 Å². The van der Waals surface area contributed by atoms with Crippen molar-refractivity contribution in [3.8, 4) is 0 Å². The first-order chi connectivity index (χ1) is 9.02. The summed E-state index contributed by atoms with van der Waals surface area (Å²) >= 11 is 0. The first-order valence-corrected chi connectivity index (χ1v) is 8.28. The van der Waals surface area contributed by atoms with Gasteiger partial charge in [-0.15, -0.1) is 0 Å². The molecule has 0 radical (unpaired) electrons. The van der Waals surface area contributed by atoms with Crippen molar-refractivity contribution >= 4 is 10.0 Å². The quantitative estimate of drug-likeness (QED) is 0.893. The van der Waals surface area contributed by atoms with Crippen molar-refractivity contribution in [1.29, 1.82) is 0 Å². The fourth-order valence-corrected chi connectivity index (χ4v) is 4.36. The molecule has 0 atom stereocenters. The summed E-state index contributed by atoms with van der Waals surface area (Å²) in [5.41, 5.74) is 1.31. The van der Waals surface area contributed by atoms with Gasteiger partial charge in [0.05, 0.1) is 4.90 Å². The highest BCUT2D eigenvalue weighted by Gasteiger charge is 2.41. The van der Waals surface area contributed by atoms with Gasteiger partial charge in [0.2, 0.25) is 10.0 Å². The van der Waals surface area contributed by atoms with E-state index in [4.69, 9.17) is 0 Å². The molecular formula is C14H20N2O2S. The van der Waals surface area contributed by atoms with Gasteiger partial charge in [-0.25, -0.2) is 8.42 Å². The van der Waals surface area contributed by atoms with Gasteiger partial charge in [-0.2, -0.15) is 4.31 Å². The lowest BCUT2D eigenvalue weighted by Crippen LogP contribution is -2.62. The predicted molar refractivity (Wildman–Crippen MR) is 74.5 cm³/mol. The number of aryl methyl sites for hydroxylation is 1. The number of sulfonamides is 1. The molecule has 5 heteroatoms. The Morgan fingerprint density at radius 3 is 2.16 bits per heavy atom. The number of piperidine rings is 1. The number of hydrogen-bond donors (Lipinski definition) is 1. The van der Waals surface area contributed by atoms with Crippen LogP contribution >= 0.6 is 0 Å². The summed E-state index contributed by atoms with van der Waals surface area (Å²) in [6, 6.07) is 7.12. The Morgan fingerprint density at radius 2 is 1.68 bits per heavy atom. The Labute approximate surface area is 114 Å². The lowest BCUT2D eigenvalue weighted by molar-refractivity contribution is 0.121. The molecule has 0 aliphatic carbocycles. The summed E-state index contributed by atoms with van der Waals surface area (Å²) in [6.45, 7) is 4.29. The lowest BCUT2D eigenvalue weighted by Gasteiger charge is -2.48. The van der Waals surface area contributed by atoms with E-state index < -0.39 is 10.0 Å². The molecule has 2 aliphatic heterocycles. The minimum Gasteiger partial charge on any atom is -0.311 e. The highest BCUT2D eigenvalue weighted by atomic mass is 32.2. The maximum atomic E-state index is 12.5. The van der Waals surface area contributed by atoms with Crippen molar-refractivity contribution in [3.05, 3.63) is 29.8 Å². The third kappa shape index (κ3) is 2.30. The second kappa shape index (κ2) is 4.58. The van der Waals surface area contributed by atoms with Crippen molar-refractivity contribution in [2.45, 2.75) is 36.6 Å². The molecule has 0 aromatic heterocycles. The van der Waals surface area contributed by atoms with Gasteiger partial charge < -0.3 is 5.32 Å². The van der Waals surface area contributed by atoms with E-state index in [-0.39, 0.29) is 5.54 Å². The van der Waals surface area contributed by atoms with Crippen LogP contribution in [0, 0.1) is 6.92 Å². The van der Waals surface area contributed by atoms with Crippen LogP contribution in [0.3, 0.4) is 0 Å². The third-order valence-electron chi connectivity index (χ3n) is 4.44. The smallest absolute Gasteiger partial charge is 0.243 e. The van der Waals surface area contributed by atoms with Gasteiger partial charge in [-0.05, 0) is 44.9 Å². The molecule has 104 valence electrons. The average molecular weight is 280 g/mol. The van der Waals surface area contributed by atoms with Crippen LogP contribution in [0.5, 0.6) is 0 Å². The zero-order chi connectivity index (χ0) is 13.5. The van der Waals surface area contributed by atoms with E-state index in [1.807, 2.05) is 19.1 Å². The first-order valence-electron chi connectivity index (χ1n) is 6.84. The molecule has 0 saturated carbocycles. The predicted octanol–water partition coefficient (Wildman–Crippen LogP) is 1.51. The highest BCUT2D eigenvalue weighted by Crippen LogP contribution is 2.33. The van der Waals surface area contributed by atoms with E-state index in [1.165, 1.54) is 6.42 Å². The molecule has 2 saturated heterocycles. The van der Waals surface area contributed by atoms with Crippen LogP contribution in [0.1, 0.15) is 24.8 Å². The van der Waals surface area contributed by atoms with E-state index in [9.17, 15) is 8.42 Å². The molecule has 2 aliphatic rings. The average Bonchev–Trinajstić information content (AvgIpc) is 2.37. The van der Waals surface area contributed by atoms with E-state index >= 15 is 0 Å². The minimum absolute atomic E-state index is 0.235. The molecule has 0 unspecified atom stereocenters. The van der Waals surface area contributed by atoms with Crippen LogP contribution < -0.4 is 5.32 Å². The number of nitrogens with zero attached hydrogens (tertiary/aromatic N) is 1. The van der Waals surface area contributed by atoms with Gasteiger partial charge in [0.25, 0.3) is 0 Å². The Balaban J connectivity index is 1.76. The maximum Gasteiger partial charge on any atom is 0.243 e. The summed E-state index contributed by atoms with van der Waals surface area (Å²) in [6.07, 6.45) is 3.04. The molecule has 3 rings (SSSR count). The molecule has 1 aromatic carbocycles. The molecule has 1 spiro atoms. The Morgan fingerprint density at radius 1 is 1.11 bits per heavy atom. The third-order valence-corrected chi connectivity index (χ3v) is 6.35. The second-order valence-corrected chi connectivity index (χ2v) is 7.61. The van der Waals surface area contributed by atoms with E-state index in [0.717, 1.165) is 24.9 Å². The lowest BCUT2D eigenvalue weighted by atomic mass is 9.80. The highest BCUT2D eigenvalue weighted by molar-refractivity contribution is 7.89. The van der Waals surface area contributed by atoms with Crippen LogP contribution in [0.2, 0.25) is 0 Å². The zero-order valence-electron chi connectivity index (χ0n) is 11.2. The Hall–Kier alpha value is -0.910. The molecule has 19 heavy (non-hydrogen) atoms. The number of rotatable bonds is 2. The summed E-state index contributed by atoms with van der Waals surface area (Å²) in [7, 11) is -3.31. The number of benzene rings is 1. The van der Waals surface area contributed by atoms with E-state index in [2.05, 4.69) is 5.32 Å². The molecule has 1 N–H and O–H groups in total. The minimum atomic E-state index is -3.31. The summed E-state index contributed by atoms with van der Waals surface area (Å²) < 4.78 is 26.7. The second-order valence-electron chi connectivity index (χ2n) is 5.67. The summed E-state index contributed by atoms with van der Waals surface area (Å²) in [5, 5.41) is 3.46. The van der Waals surface area contributed by atoms with Gasteiger partial charge >= 0.3 is 0 Å².